The van der Waals surface area contributed by atoms with E-state index < -0.39 is 46.9 Å². The lowest BCUT2D eigenvalue weighted by Crippen LogP contribution is -2.65. The van der Waals surface area contributed by atoms with Crippen molar-refractivity contribution in [2.45, 2.75) is 89.8 Å². The molecule has 3 saturated carbocycles. The lowest BCUT2D eigenvalue weighted by Gasteiger charge is -2.61. The van der Waals surface area contributed by atoms with E-state index in [4.69, 9.17) is 42.5 Å². The van der Waals surface area contributed by atoms with E-state index in [0.29, 0.717) is 26.1 Å². The number of benzene rings is 2. The smallest absolute Gasteiger partial charge is 0.306 e. The van der Waals surface area contributed by atoms with Crippen molar-refractivity contribution in [1.82, 2.24) is 9.80 Å². The number of nitrogens with zero attached hydrogens (tertiary/aromatic N) is 2. The molecule has 4 aliphatic carbocycles. The summed E-state index contributed by atoms with van der Waals surface area (Å²) in [4.78, 5) is 55.5. The van der Waals surface area contributed by atoms with Gasteiger partial charge in [-0.3, -0.25) is 29.0 Å². The van der Waals surface area contributed by atoms with Crippen LogP contribution in [0.5, 0.6) is 0 Å². The minimum Gasteiger partial charge on any atom is -0.457 e. The van der Waals surface area contributed by atoms with Crippen LogP contribution in [0.2, 0.25) is 5.02 Å². The number of hydrogen-bond acceptors (Lipinski definition) is 11. The molecule has 1 heterocycles. The molecular weight excluding hydrogens is 831 g/mol. The molecule has 2 N–H and O–H groups in total. The molecule has 0 amide bonds. The standard InChI is InChI=1S/C28H37ClO7.C21H27ClN2O2/c1-6-22(33)35-14-21(32)28(36-23(34)7-2)15(3)10-18-24-19(29)12-16-11-17(30)8-9-26(16,4)25(24)20(31)13-27(18,28)5;22-20-8-6-19(7-9-20)21(18-4-2-1-3-5-18)24-12-10-23(11-13-24)14-16-26-17-15-25/h8-9,11,15,18-20,24-25,31H,6-7,10,12-14H2,1-5H3;1-9,21,25H,10-17H2/t15-,18+,19-,20+,24-,25+,26+,27+,28+;/m1./s1. The Hall–Kier alpha value is -3.42. The zero-order valence-corrected chi connectivity index (χ0v) is 38.3. The second-order valence-electron chi connectivity index (χ2n) is 18.0. The average Bonchev–Trinajstić information content (AvgIpc) is 3.48. The van der Waals surface area contributed by atoms with Gasteiger partial charge in [-0.2, -0.15) is 0 Å². The summed E-state index contributed by atoms with van der Waals surface area (Å²) in [6, 6.07) is 19.1. The van der Waals surface area contributed by atoms with Crippen LogP contribution in [0.15, 0.2) is 78.4 Å². The molecule has 2 aromatic carbocycles. The molecule has 1 saturated heterocycles. The van der Waals surface area contributed by atoms with E-state index in [9.17, 15) is 24.3 Å². The maximum absolute atomic E-state index is 13.9. The zero-order valence-electron chi connectivity index (χ0n) is 36.8. The second-order valence-corrected chi connectivity index (χ2v) is 19.0. The van der Waals surface area contributed by atoms with Crippen LogP contribution >= 0.6 is 23.2 Å². The van der Waals surface area contributed by atoms with E-state index in [-0.39, 0.29) is 66.7 Å². The van der Waals surface area contributed by atoms with E-state index >= 15 is 0 Å². The molecular formula is C49H64Cl2N2O9. The lowest BCUT2D eigenvalue weighted by molar-refractivity contribution is -0.205. The van der Waals surface area contributed by atoms with Crippen LogP contribution in [0.3, 0.4) is 0 Å². The van der Waals surface area contributed by atoms with Gasteiger partial charge in [-0.05, 0) is 66.5 Å². The minimum atomic E-state index is -1.54. The second kappa shape index (κ2) is 20.6. The number of alkyl halides is 1. The highest BCUT2D eigenvalue weighted by Gasteiger charge is 2.74. The number of Topliss-reactive ketones (excluding diaryl/α,β-unsaturated/α-hetero) is 1. The van der Waals surface area contributed by atoms with Crippen LogP contribution in [0, 0.1) is 34.5 Å². The van der Waals surface area contributed by atoms with Crippen LogP contribution in [0.25, 0.3) is 0 Å². The number of rotatable bonds is 14. The number of aliphatic hydroxyl groups excluding tert-OH is 2. The molecule has 0 bridgehead atoms. The van der Waals surface area contributed by atoms with Crippen LogP contribution in [0.1, 0.15) is 83.9 Å². The summed E-state index contributed by atoms with van der Waals surface area (Å²) in [7, 11) is 0. The zero-order chi connectivity index (χ0) is 44.8. The molecule has 11 nitrogen and oxygen atoms in total. The highest BCUT2D eigenvalue weighted by atomic mass is 35.5. The van der Waals surface area contributed by atoms with Gasteiger partial charge in [0.2, 0.25) is 5.78 Å². The van der Waals surface area contributed by atoms with Crippen molar-refractivity contribution < 1.29 is 43.6 Å². The Balaban J connectivity index is 0.000000218. The minimum absolute atomic E-state index is 0.0767. The highest BCUT2D eigenvalue weighted by molar-refractivity contribution is 6.30. The average molecular weight is 896 g/mol. The predicted molar refractivity (Wildman–Crippen MR) is 239 cm³/mol. The summed E-state index contributed by atoms with van der Waals surface area (Å²) in [5.41, 5.74) is 0.537. The predicted octanol–water partition coefficient (Wildman–Crippen LogP) is 7.00. The summed E-state index contributed by atoms with van der Waals surface area (Å²) < 4.78 is 16.7. The molecule has 1 aliphatic heterocycles. The topological polar surface area (TPSA) is 143 Å². The lowest BCUT2D eigenvalue weighted by atomic mass is 9.46. The fourth-order valence-corrected chi connectivity index (χ4v) is 12.2. The van der Waals surface area contributed by atoms with E-state index in [1.807, 2.05) is 39.0 Å². The first-order chi connectivity index (χ1) is 29.6. The Bertz CT molecular complexity index is 1950. The van der Waals surface area contributed by atoms with Crippen LogP contribution in [-0.4, -0.2) is 120 Å². The first-order valence-corrected chi connectivity index (χ1v) is 23.1. The van der Waals surface area contributed by atoms with Crippen LogP contribution in [-0.2, 0) is 33.4 Å². The molecule has 1 unspecified atom stereocenters. The third kappa shape index (κ3) is 9.65. The van der Waals surface area contributed by atoms with Crippen LogP contribution in [0.4, 0.5) is 0 Å². The van der Waals surface area contributed by atoms with Gasteiger partial charge in [0.1, 0.15) is 0 Å². The first-order valence-electron chi connectivity index (χ1n) is 22.3. The molecule has 13 heteroatoms. The molecule has 0 spiro atoms. The highest BCUT2D eigenvalue weighted by Crippen LogP contribution is 2.69. The third-order valence-corrected chi connectivity index (χ3v) is 15.2. The van der Waals surface area contributed by atoms with Gasteiger partial charge in [0.25, 0.3) is 0 Å². The largest absolute Gasteiger partial charge is 0.457 e. The fraction of sp³-hybridized carbons (Fsp3) is 0.592. The van der Waals surface area contributed by atoms with Gasteiger partial charge in [0.15, 0.2) is 18.0 Å². The molecule has 7 rings (SSSR count). The van der Waals surface area contributed by atoms with Crippen molar-refractivity contribution in [2.24, 2.45) is 34.5 Å². The molecule has 338 valence electrons. The molecule has 62 heavy (non-hydrogen) atoms. The number of piperazine rings is 1. The number of aliphatic hydroxyl groups is 2. The monoisotopic (exact) mass is 894 g/mol. The fourth-order valence-electron chi connectivity index (χ4n) is 11.5. The van der Waals surface area contributed by atoms with E-state index in [0.717, 1.165) is 43.3 Å². The number of fused-ring (bicyclic) bond motifs is 5. The summed E-state index contributed by atoms with van der Waals surface area (Å²) in [6.45, 7) is 14.9. The van der Waals surface area contributed by atoms with Gasteiger partial charge in [-0.1, -0.05) is 100 Å². The maximum Gasteiger partial charge on any atom is 0.306 e. The van der Waals surface area contributed by atoms with Gasteiger partial charge in [-0.15, -0.1) is 11.6 Å². The number of carbonyl (C=O) groups excluding carboxylic acids is 4. The van der Waals surface area contributed by atoms with Crippen LogP contribution < -0.4 is 0 Å². The number of esters is 2. The number of halogens is 2. The van der Waals surface area contributed by atoms with Crippen molar-refractivity contribution in [1.29, 1.82) is 0 Å². The van der Waals surface area contributed by atoms with E-state index in [1.54, 1.807) is 26.0 Å². The van der Waals surface area contributed by atoms with Crippen molar-refractivity contribution in [2.75, 3.05) is 59.2 Å². The van der Waals surface area contributed by atoms with E-state index in [2.05, 4.69) is 52.3 Å². The van der Waals surface area contributed by atoms with Crippen molar-refractivity contribution >= 4 is 46.7 Å². The Kier molecular flexibility index (Phi) is 16.0. The molecule has 0 radical (unpaired) electrons. The van der Waals surface area contributed by atoms with E-state index in [1.165, 1.54) is 11.1 Å². The Morgan fingerprint density at radius 1 is 0.935 bits per heavy atom. The van der Waals surface area contributed by atoms with Crippen molar-refractivity contribution in [3.8, 4) is 0 Å². The molecule has 5 aliphatic rings. The number of carbonyl (C=O) groups is 4. The van der Waals surface area contributed by atoms with Gasteiger partial charge < -0.3 is 24.4 Å². The Labute approximate surface area is 376 Å². The van der Waals surface area contributed by atoms with Gasteiger partial charge in [0, 0.05) is 78.6 Å². The molecule has 10 atom stereocenters. The number of hydrogen-bond donors (Lipinski definition) is 2. The summed E-state index contributed by atoms with van der Waals surface area (Å²) in [5.74, 6) is -2.44. The van der Waals surface area contributed by atoms with Crippen molar-refractivity contribution in [3.05, 3.63) is 94.5 Å². The first kappa shape index (κ1) is 48.0. The third-order valence-electron chi connectivity index (χ3n) is 14.5. The molecule has 0 aromatic heterocycles. The van der Waals surface area contributed by atoms with Gasteiger partial charge >= 0.3 is 11.9 Å². The number of ether oxygens (including phenoxy) is 3. The summed E-state index contributed by atoms with van der Waals surface area (Å²) >= 11 is 13.1. The molecule has 4 fully saturated rings. The SMILES string of the molecule is CCC(=O)OCC(=O)[C@@]1(OC(=O)CC)[C@H](C)C[C@H]2[C@H]3[C@H]([C@@H](O)C[C@@]21C)[C@@]1(C)C=CC(=O)C=C1C[C@H]3Cl.OCCOCCN1CCN(C(c2ccccc2)c2ccc(Cl)cc2)CC1. The Morgan fingerprint density at radius 3 is 2.24 bits per heavy atom. The summed E-state index contributed by atoms with van der Waals surface area (Å²) in [5, 5.41) is 20.9. The quantitative estimate of drug-likeness (QED) is 0.115. The number of ketones is 2. The number of allylic oxidation sites excluding steroid dienone is 4. The molecule has 2 aromatic rings. The summed E-state index contributed by atoms with van der Waals surface area (Å²) in [6.07, 6.45) is 5.79. The Morgan fingerprint density at radius 2 is 1.60 bits per heavy atom. The normalized spacial score (nSPS) is 32.3. The maximum atomic E-state index is 13.9. The van der Waals surface area contributed by atoms with Crippen molar-refractivity contribution in [3.63, 3.8) is 0 Å². The van der Waals surface area contributed by atoms with Gasteiger partial charge in [-0.25, -0.2) is 0 Å². The van der Waals surface area contributed by atoms with Gasteiger partial charge in [0.05, 0.1) is 32.0 Å².